The fourth-order valence-electron chi connectivity index (χ4n) is 2.02. The van der Waals surface area contributed by atoms with Gasteiger partial charge >= 0.3 is 0 Å². The maximum absolute atomic E-state index is 9.15. The lowest BCUT2D eigenvalue weighted by atomic mass is 10.2. The molecule has 0 unspecified atom stereocenters. The molecule has 0 spiro atoms. The van der Waals surface area contributed by atoms with Gasteiger partial charge in [-0.25, -0.2) is 4.98 Å². The lowest BCUT2D eigenvalue weighted by Gasteiger charge is -2.13. The number of aryl methyl sites for hydroxylation is 1. The average molecular weight is 288 g/mol. The monoisotopic (exact) mass is 288 g/mol. The number of anilines is 1. The summed E-state index contributed by atoms with van der Waals surface area (Å²) in [5.74, 6) is 0.873. The Morgan fingerprint density at radius 2 is 1.91 bits per heavy atom. The van der Waals surface area contributed by atoms with Gasteiger partial charge in [0.15, 0.2) is 5.57 Å². The first-order chi connectivity index (χ1) is 10.7. The first-order valence-electron chi connectivity index (χ1n) is 6.58. The lowest BCUT2D eigenvalue weighted by Crippen LogP contribution is -2.06. The Kier molecular flexibility index (Phi) is 4.55. The molecule has 1 heterocycles. The summed E-state index contributed by atoms with van der Waals surface area (Å²) in [6.07, 6.45) is 4.28. The van der Waals surface area contributed by atoms with Crippen LogP contribution in [0.15, 0.2) is 47.9 Å². The standard InChI is InChI=1S/C16H12N6/c1-2-16-20-7-8-22(16)15-6-4-3-5-13(15)21-14(11-19)12(9-17)10-18/h3-8,21H,2H2,1H3. The molecule has 22 heavy (non-hydrogen) atoms. The molecule has 0 aliphatic rings. The number of imidazole rings is 1. The molecule has 1 aromatic carbocycles. The first-order valence-corrected chi connectivity index (χ1v) is 6.58. The number of hydrogen-bond acceptors (Lipinski definition) is 5. The van der Waals surface area contributed by atoms with Crippen molar-refractivity contribution in [1.29, 1.82) is 15.8 Å². The highest BCUT2D eigenvalue weighted by atomic mass is 15.1. The normalized spacial score (nSPS) is 9.18. The van der Waals surface area contributed by atoms with Gasteiger partial charge in [0.25, 0.3) is 0 Å². The zero-order valence-corrected chi connectivity index (χ0v) is 11.9. The zero-order valence-electron chi connectivity index (χ0n) is 11.9. The van der Waals surface area contributed by atoms with Gasteiger partial charge in [-0.15, -0.1) is 0 Å². The summed E-state index contributed by atoms with van der Waals surface area (Å²) < 4.78 is 1.90. The molecule has 0 aliphatic carbocycles. The van der Waals surface area contributed by atoms with E-state index < -0.39 is 0 Å². The van der Waals surface area contributed by atoms with E-state index in [1.54, 1.807) is 24.4 Å². The average Bonchev–Trinajstić information content (AvgIpc) is 3.03. The number of para-hydroxylation sites is 2. The molecular formula is C16H12N6. The highest BCUT2D eigenvalue weighted by molar-refractivity contribution is 5.67. The molecule has 0 saturated carbocycles. The van der Waals surface area contributed by atoms with Crippen LogP contribution in [-0.2, 0) is 6.42 Å². The number of aromatic nitrogens is 2. The van der Waals surface area contributed by atoms with Gasteiger partial charge in [0.1, 0.15) is 29.7 Å². The van der Waals surface area contributed by atoms with Crippen LogP contribution in [-0.4, -0.2) is 9.55 Å². The van der Waals surface area contributed by atoms with Crippen molar-refractivity contribution in [3.8, 4) is 23.9 Å². The fraction of sp³-hybridized carbons (Fsp3) is 0.125. The molecule has 1 N–H and O–H groups in total. The van der Waals surface area contributed by atoms with Crippen molar-refractivity contribution in [3.63, 3.8) is 0 Å². The van der Waals surface area contributed by atoms with Gasteiger partial charge in [-0.3, -0.25) is 0 Å². The summed E-state index contributed by atoms with van der Waals surface area (Å²) in [6.45, 7) is 2.00. The molecule has 0 aliphatic heterocycles. The molecule has 0 fully saturated rings. The van der Waals surface area contributed by atoms with Crippen LogP contribution in [0.1, 0.15) is 12.7 Å². The molecule has 0 atom stereocenters. The first kappa shape index (κ1) is 14.8. The van der Waals surface area contributed by atoms with E-state index in [-0.39, 0.29) is 11.3 Å². The van der Waals surface area contributed by atoms with Crippen LogP contribution in [0.3, 0.4) is 0 Å². The Morgan fingerprint density at radius 1 is 1.18 bits per heavy atom. The minimum absolute atomic E-state index is 0.0735. The van der Waals surface area contributed by atoms with Crippen LogP contribution in [0.5, 0.6) is 0 Å². The molecule has 2 rings (SSSR count). The van der Waals surface area contributed by atoms with Gasteiger partial charge in [-0.1, -0.05) is 19.1 Å². The molecule has 0 amide bonds. The molecule has 6 nitrogen and oxygen atoms in total. The lowest BCUT2D eigenvalue weighted by molar-refractivity contribution is 0.892. The Hall–Kier alpha value is -3.56. The van der Waals surface area contributed by atoms with Crippen molar-refractivity contribution in [1.82, 2.24) is 9.55 Å². The maximum atomic E-state index is 9.15. The summed E-state index contributed by atoms with van der Waals surface area (Å²) in [6, 6.07) is 12.6. The van der Waals surface area contributed by atoms with E-state index in [0.717, 1.165) is 17.9 Å². The molecule has 106 valence electrons. The van der Waals surface area contributed by atoms with Crippen LogP contribution in [0.4, 0.5) is 5.69 Å². The number of nitrogens with one attached hydrogen (secondary N) is 1. The van der Waals surface area contributed by atoms with Crippen LogP contribution in [0.2, 0.25) is 0 Å². The molecule has 2 aromatic rings. The van der Waals surface area contributed by atoms with Crippen molar-refractivity contribution in [2.75, 3.05) is 5.32 Å². The predicted molar refractivity (Wildman–Crippen MR) is 80.4 cm³/mol. The topological polar surface area (TPSA) is 101 Å². The minimum atomic E-state index is -0.251. The number of benzene rings is 1. The third-order valence-corrected chi connectivity index (χ3v) is 3.04. The van der Waals surface area contributed by atoms with Crippen molar-refractivity contribution < 1.29 is 0 Å². The maximum Gasteiger partial charge on any atom is 0.163 e. The van der Waals surface area contributed by atoms with Crippen LogP contribution >= 0.6 is 0 Å². The van der Waals surface area contributed by atoms with E-state index in [1.165, 1.54) is 0 Å². The second kappa shape index (κ2) is 6.74. The van der Waals surface area contributed by atoms with E-state index in [0.29, 0.717) is 5.69 Å². The second-order valence-corrected chi connectivity index (χ2v) is 4.29. The Morgan fingerprint density at radius 3 is 2.55 bits per heavy atom. The molecular weight excluding hydrogens is 276 g/mol. The van der Waals surface area contributed by atoms with E-state index in [1.807, 2.05) is 42.0 Å². The Balaban J connectivity index is 2.52. The van der Waals surface area contributed by atoms with Gasteiger partial charge in [-0.05, 0) is 12.1 Å². The SMILES string of the molecule is CCc1nccn1-c1ccccc1NC(C#N)=C(C#N)C#N. The van der Waals surface area contributed by atoms with Crippen molar-refractivity contribution in [3.05, 3.63) is 53.8 Å². The number of nitriles is 3. The third kappa shape index (κ3) is 2.80. The molecule has 0 radical (unpaired) electrons. The minimum Gasteiger partial charge on any atom is -0.343 e. The van der Waals surface area contributed by atoms with Crippen LogP contribution in [0.25, 0.3) is 5.69 Å². The summed E-state index contributed by atoms with van der Waals surface area (Å²) in [5, 5.41) is 29.8. The van der Waals surface area contributed by atoms with E-state index in [4.69, 9.17) is 15.8 Å². The van der Waals surface area contributed by atoms with Crippen LogP contribution in [0, 0.1) is 34.0 Å². The van der Waals surface area contributed by atoms with Gasteiger partial charge in [0.2, 0.25) is 0 Å². The number of allylic oxidation sites excluding steroid dienone is 2. The summed E-state index contributed by atoms with van der Waals surface area (Å²) >= 11 is 0. The number of nitrogens with zero attached hydrogens (tertiary/aromatic N) is 5. The smallest absolute Gasteiger partial charge is 0.163 e. The number of hydrogen-bond donors (Lipinski definition) is 1. The van der Waals surface area contributed by atoms with Crippen molar-refractivity contribution in [2.24, 2.45) is 0 Å². The molecule has 1 aromatic heterocycles. The second-order valence-electron chi connectivity index (χ2n) is 4.29. The highest BCUT2D eigenvalue weighted by Crippen LogP contribution is 2.23. The summed E-state index contributed by atoms with van der Waals surface area (Å²) in [4.78, 5) is 4.27. The quantitative estimate of drug-likeness (QED) is 0.871. The zero-order chi connectivity index (χ0) is 15.9. The summed E-state index contributed by atoms with van der Waals surface area (Å²) in [5.41, 5.74) is 1.09. The molecule has 0 saturated heterocycles. The third-order valence-electron chi connectivity index (χ3n) is 3.04. The predicted octanol–water partition coefficient (Wildman–Crippen LogP) is 2.67. The number of rotatable bonds is 4. The van der Waals surface area contributed by atoms with E-state index in [2.05, 4.69) is 10.3 Å². The Labute approximate surface area is 128 Å². The van der Waals surface area contributed by atoms with Gasteiger partial charge in [0.05, 0.1) is 11.4 Å². The van der Waals surface area contributed by atoms with E-state index in [9.17, 15) is 0 Å². The van der Waals surface area contributed by atoms with Gasteiger partial charge < -0.3 is 9.88 Å². The summed E-state index contributed by atoms with van der Waals surface area (Å²) in [7, 11) is 0. The van der Waals surface area contributed by atoms with Crippen LogP contribution < -0.4 is 5.32 Å². The van der Waals surface area contributed by atoms with E-state index >= 15 is 0 Å². The van der Waals surface area contributed by atoms with Crippen molar-refractivity contribution >= 4 is 5.69 Å². The fourth-order valence-corrected chi connectivity index (χ4v) is 2.02. The largest absolute Gasteiger partial charge is 0.343 e. The van der Waals surface area contributed by atoms with Crippen molar-refractivity contribution in [2.45, 2.75) is 13.3 Å². The van der Waals surface area contributed by atoms with Gasteiger partial charge in [-0.2, -0.15) is 15.8 Å². The molecule has 6 heteroatoms. The molecule has 0 bridgehead atoms. The van der Waals surface area contributed by atoms with Gasteiger partial charge in [0, 0.05) is 18.8 Å². The Bertz CT molecular complexity index is 822. The highest BCUT2D eigenvalue weighted by Gasteiger charge is 2.11.